The van der Waals surface area contributed by atoms with Crippen molar-refractivity contribution in [1.29, 1.82) is 0 Å². The highest BCUT2D eigenvalue weighted by Crippen LogP contribution is 2.31. The number of para-hydroxylation sites is 1. The first-order chi connectivity index (χ1) is 8.58. The highest BCUT2D eigenvalue weighted by Gasteiger charge is 2.27. The number of anilines is 1. The van der Waals surface area contributed by atoms with Crippen molar-refractivity contribution in [3.63, 3.8) is 0 Å². The van der Waals surface area contributed by atoms with Crippen molar-refractivity contribution in [3.8, 4) is 0 Å². The van der Waals surface area contributed by atoms with Gasteiger partial charge in [-0.05, 0) is 43.2 Å². The van der Waals surface area contributed by atoms with Gasteiger partial charge < -0.3 is 10.5 Å². The van der Waals surface area contributed by atoms with Crippen molar-refractivity contribution in [1.82, 2.24) is 0 Å². The van der Waals surface area contributed by atoms with E-state index in [1.165, 1.54) is 0 Å². The second-order valence-corrected chi connectivity index (χ2v) is 5.38. The van der Waals surface area contributed by atoms with Gasteiger partial charge in [-0.3, -0.25) is 0 Å². The van der Waals surface area contributed by atoms with E-state index in [1.807, 2.05) is 6.07 Å². The second-order valence-electron chi connectivity index (χ2n) is 5.38. The van der Waals surface area contributed by atoms with Crippen LogP contribution in [0.3, 0.4) is 0 Å². The van der Waals surface area contributed by atoms with Crippen molar-refractivity contribution >= 4 is 11.7 Å². The third kappa shape index (κ3) is 2.84. The Bertz CT molecular complexity index is 430. The summed E-state index contributed by atoms with van der Waals surface area (Å²) in [6, 6.07) is 7.06. The van der Waals surface area contributed by atoms with Crippen molar-refractivity contribution in [2.75, 3.05) is 5.73 Å². The lowest BCUT2D eigenvalue weighted by atomic mass is 9.80. The summed E-state index contributed by atoms with van der Waals surface area (Å²) in [5, 5.41) is 0. The van der Waals surface area contributed by atoms with Crippen molar-refractivity contribution < 1.29 is 9.53 Å². The molecule has 0 radical (unpaired) electrons. The molecule has 0 amide bonds. The van der Waals surface area contributed by atoms with Gasteiger partial charge in [-0.2, -0.15) is 0 Å². The van der Waals surface area contributed by atoms with Gasteiger partial charge >= 0.3 is 5.97 Å². The Morgan fingerprint density at radius 2 is 1.94 bits per heavy atom. The molecule has 2 rings (SSSR count). The molecular weight excluding hydrogens is 226 g/mol. The van der Waals surface area contributed by atoms with Crippen molar-refractivity contribution in [2.24, 2.45) is 11.8 Å². The van der Waals surface area contributed by atoms with Crippen LogP contribution in [-0.2, 0) is 4.74 Å². The maximum absolute atomic E-state index is 12.0. The van der Waals surface area contributed by atoms with Crippen molar-refractivity contribution in [3.05, 3.63) is 29.8 Å². The molecule has 1 aliphatic carbocycles. The number of ether oxygens (including phenoxy) is 1. The molecule has 98 valence electrons. The molecule has 1 aromatic carbocycles. The van der Waals surface area contributed by atoms with E-state index in [-0.39, 0.29) is 12.1 Å². The van der Waals surface area contributed by atoms with Gasteiger partial charge in [0.1, 0.15) is 6.10 Å². The fourth-order valence-corrected chi connectivity index (χ4v) is 2.50. The molecule has 1 fully saturated rings. The molecule has 0 saturated heterocycles. The predicted molar refractivity (Wildman–Crippen MR) is 72.2 cm³/mol. The smallest absolute Gasteiger partial charge is 0.340 e. The number of esters is 1. The Morgan fingerprint density at radius 1 is 1.22 bits per heavy atom. The highest BCUT2D eigenvalue weighted by molar-refractivity contribution is 5.95. The predicted octanol–water partition coefficient (Wildman–Crippen LogP) is 3.25. The van der Waals surface area contributed by atoms with Crippen molar-refractivity contribution in [2.45, 2.75) is 39.2 Å². The molecule has 3 nitrogen and oxygen atoms in total. The fourth-order valence-electron chi connectivity index (χ4n) is 2.50. The summed E-state index contributed by atoms with van der Waals surface area (Å²) in [5.41, 5.74) is 6.74. The Morgan fingerprint density at radius 3 is 2.61 bits per heavy atom. The summed E-state index contributed by atoms with van der Waals surface area (Å²) in [6.45, 7) is 4.49. The molecule has 0 aliphatic heterocycles. The van der Waals surface area contributed by atoms with Crippen LogP contribution >= 0.6 is 0 Å². The van der Waals surface area contributed by atoms with Gasteiger partial charge in [0.2, 0.25) is 0 Å². The quantitative estimate of drug-likeness (QED) is 0.644. The van der Waals surface area contributed by atoms with Gasteiger partial charge in [-0.1, -0.05) is 26.0 Å². The number of nitrogen functional groups attached to an aromatic ring is 1. The molecule has 0 bridgehead atoms. The Hall–Kier alpha value is -1.51. The third-order valence-electron chi connectivity index (χ3n) is 4.00. The fraction of sp³-hybridized carbons (Fsp3) is 0.533. The molecule has 3 heteroatoms. The summed E-state index contributed by atoms with van der Waals surface area (Å²) in [7, 11) is 0. The van der Waals surface area contributed by atoms with Crippen LogP contribution in [0.15, 0.2) is 24.3 Å². The first kappa shape index (κ1) is 12.9. The molecule has 1 saturated carbocycles. The van der Waals surface area contributed by atoms with E-state index < -0.39 is 0 Å². The van der Waals surface area contributed by atoms with Crippen LogP contribution in [0.5, 0.6) is 0 Å². The van der Waals surface area contributed by atoms with Gasteiger partial charge in [0, 0.05) is 5.69 Å². The number of hydrogen-bond donors (Lipinski definition) is 1. The Balaban J connectivity index is 1.98. The molecule has 0 heterocycles. The molecule has 0 aromatic heterocycles. The molecule has 3 atom stereocenters. The average Bonchev–Trinajstić information content (AvgIpc) is 2.34. The number of benzene rings is 1. The lowest BCUT2D eigenvalue weighted by molar-refractivity contribution is 0.00890. The Labute approximate surface area is 108 Å². The van der Waals surface area contributed by atoms with Gasteiger partial charge in [-0.15, -0.1) is 0 Å². The SMILES string of the molecule is CC1CCC(OC(=O)c2ccccc2N)CC1C. The number of hydrogen-bond acceptors (Lipinski definition) is 3. The summed E-state index contributed by atoms with van der Waals surface area (Å²) in [5.74, 6) is 1.05. The van der Waals surface area contributed by atoms with E-state index in [1.54, 1.807) is 18.2 Å². The van der Waals surface area contributed by atoms with E-state index >= 15 is 0 Å². The minimum atomic E-state index is -0.292. The van der Waals surface area contributed by atoms with Gasteiger partial charge in [-0.25, -0.2) is 4.79 Å². The summed E-state index contributed by atoms with van der Waals surface area (Å²) >= 11 is 0. The van der Waals surface area contributed by atoms with Crippen LogP contribution in [0.4, 0.5) is 5.69 Å². The Kier molecular flexibility index (Phi) is 3.90. The van der Waals surface area contributed by atoms with Crippen LogP contribution in [0.25, 0.3) is 0 Å². The number of nitrogens with two attached hydrogens (primary N) is 1. The summed E-state index contributed by atoms with van der Waals surface area (Å²) in [6.07, 6.45) is 3.09. The second kappa shape index (κ2) is 5.42. The zero-order valence-electron chi connectivity index (χ0n) is 11.1. The van der Waals surface area contributed by atoms with E-state index in [9.17, 15) is 4.79 Å². The topological polar surface area (TPSA) is 52.3 Å². The van der Waals surface area contributed by atoms with Crippen LogP contribution in [0.2, 0.25) is 0 Å². The summed E-state index contributed by atoms with van der Waals surface area (Å²) in [4.78, 5) is 12.0. The number of rotatable bonds is 2. The highest BCUT2D eigenvalue weighted by atomic mass is 16.5. The molecule has 3 unspecified atom stereocenters. The number of carbonyl (C=O) groups excluding carboxylic acids is 1. The maximum Gasteiger partial charge on any atom is 0.340 e. The van der Waals surface area contributed by atoms with Crippen LogP contribution < -0.4 is 5.73 Å². The van der Waals surface area contributed by atoms with Crippen LogP contribution in [0, 0.1) is 11.8 Å². The molecule has 1 aliphatic rings. The monoisotopic (exact) mass is 247 g/mol. The molecule has 1 aromatic rings. The van der Waals surface area contributed by atoms with E-state index in [0.29, 0.717) is 17.2 Å². The van der Waals surface area contributed by atoms with E-state index in [0.717, 1.165) is 25.2 Å². The van der Waals surface area contributed by atoms with Gasteiger partial charge in [0.05, 0.1) is 5.56 Å². The van der Waals surface area contributed by atoms with Crippen LogP contribution in [0.1, 0.15) is 43.5 Å². The normalized spacial score (nSPS) is 27.8. The zero-order valence-corrected chi connectivity index (χ0v) is 11.1. The van der Waals surface area contributed by atoms with Gasteiger partial charge in [0.25, 0.3) is 0 Å². The largest absolute Gasteiger partial charge is 0.459 e. The molecular formula is C15H21NO2. The number of carbonyl (C=O) groups is 1. The minimum absolute atomic E-state index is 0.0447. The average molecular weight is 247 g/mol. The maximum atomic E-state index is 12.0. The first-order valence-electron chi connectivity index (χ1n) is 6.63. The lowest BCUT2D eigenvalue weighted by Crippen LogP contribution is -2.28. The van der Waals surface area contributed by atoms with E-state index in [2.05, 4.69) is 13.8 Å². The molecule has 2 N–H and O–H groups in total. The van der Waals surface area contributed by atoms with Gasteiger partial charge in [0.15, 0.2) is 0 Å². The molecule has 18 heavy (non-hydrogen) atoms. The third-order valence-corrected chi connectivity index (χ3v) is 4.00. The first-order valence-corrected chi connectivity index (χ1v) is 6.63. The minimum Gasteiger partial charge on any atom is -0.459 e. The van der Waals surface area contributed by atoms with E-state index in [4.69, 9.17) is 10.5 Å². The van der Waals surface area contributed by atoms with Crippen LogP contribution in [-0.4, -0.2) is 12.1 Å². The summed E-state index contributed by atoms with van der Waals surface area (Å²) < 4.78 is 5.56. The standard InChI is InChI=1S/C15H21NO2/c1-10-7-8-12(9-11(10)2)18-15(17)13-5-3-4-6-14(13)16/h3-6,10-12H,7-9,16H2,1-2H3. The lowest BCUT2D eigenvalue weighted by Gasteiger charge is -2.31. The zero-order chi connectivity index (χ0) is 13.1. The molecule has 0 spiro atoms.